The number of aryl methyl sites for hydroxylation is 1. The first-order chi connectivity index (χ1) is 10.0. The number of amides is 1. The number of hydrogen-bond acceptors (Lipinski definition) is 5. The SMILES string of the molecule is COc1ccc(N)cc1NC(=O)C(C)Sc1ccoc1C. The van der Waals surface area contributed by atoms with Crippen LogP contribution in [0.5, 0.6) is 5.75 Å². The number of nitrogens with two attached hydrogens (primary N) is 1. The number of furan rings is 1. The highest BCUT2D eigenvalue weighted by Gasteiger charge is 2.18. The molecule has 0 spiro atoms. The molecular weight excluding hydrogens is 288 g/mol. The van der Waals surface area contributed by atoms with E-state index in [1.807, 2.05) is 19.9 Å². The van der Waals surface area contributed by atoms with E-state index in [1.165, 1.54) is 11.8 Å². The maximum atomic E-state index is 12.3. The van der Waals surface area contributed by atoms with Gasteiger partial charge in [-0.05, 0) is 38.1 Å². The largest absolute Gasteiger partial charge is 0.495 e. The lowest BCUT2D eigenvalue weighted by molar-refractivity contribution is -0.115. The van der Waals surface area contributed by atoms with Crippen LogP contribution in [0.25, 0.3) is 0 Å². The molecule has 0 radical (unpaired) electrons. The molecule has 0 saturated carbocycles. The lowest BCUT2D eigenvalue weighted by Gasteiger charge is -2.14. The second-order valence-corrected chi connectivity index (χ2v) is 5.93. The second-order valence-electron chi connectivity index (χ2n) is 4.55. The van der Waals surface area contributed by atoms with Crippen LogP contribution in [0.15, 0.2) is 39.8 Å². The summed E-state index contributed by atoms with van der Waals surface area (Å²) in [6, 6.07) is 6.98. The van der Waals surface area contributed by atoms with Gasteiger partial charge in [-0.2, -0.15) is 0 Å². The molecule has 1 heterocycles. The summed E-state index contributed by atoms with van der Waals surface area (Å²) in [6.45, 7) is 3.71. The van der Waals surface area contributed by atoms with Gasteiger partial charge < -0.3 is 20.2 Å². The summed E-state index contributed by atoms with van der Waals surface area (Å²) in [4.78, 5) is 13.2. The molecule has 112 valence electrons. The molecular formula is C15H18N2O3S. The molecule has 0 bridgehead atoms. The molecule has 1 aromatic heterocycles. The third-order valence-electron chi connectivity index (χ3n) is 2.97. The van der Waals surface area contributed by atoms with Crippen molar-refractivity contribution in [3.05, 3.63) is 36.3 Å². The number of carbonyl (C=O) groups is 1. The Balaban J connectivity index is 2.07. The normalized spacial score (nSPS) is 12.0. The molecule has 0 saturated heterocycles. The number of anilines is 2. The van der Waals surface area contributed by atoms with Gasteiger partial charge in [-0.25, -0.2) is 0 Å². The van der Waals surface area contributed by atoms with E-state index >= 15 is 0 Å². The summed E-state index contributed by atoms with van der Waals surface area (Å²) in [5.41, 5.74) is 6.87. The molecule has 0 aliphatic rings. The summed E-state index contributed by atoms with van der Waals surface area (Å²) in [6.07, 6.45) is 1.61. The van der Waals surface area contributed by atoms with Crippen LogP contribution in [-0.4, -0.2) is 18.3 Å². The minimum Gasteiger partial charge on any atom is -0.495 e. The molecule has 6 heteroatoms. The van der Waals surface area contributed by atoms with Crippen molar-refractivity contribution < 1.29 is 13.9 Å². The summed E-state index contributed by atoms with van der Waals surface area (Å²) in [7, 11) is 1.55. The average molecular weight is 306 g/mol. The molecule has 1 amide bonds. The minimum absolute atomic E-state index is 0.121. The van der Waals surface area contributed by atoms with Crippen molar-refractivity contribution in [2.24, 2.45) is 0 Å². The fourth-order valence-corrected chi connectivity index (χ4v) is 2.69. The molecule has 2 rings (SSSR count). The number of methoxy groups -OCH3 is 1. The van der Waals surface area contributed by atoms with Crippen molar-refractivity contribution >= 4 is 29.0 Å². The number of rotatable bonds is 5. The highest BCUT2D eigenvalue weighted by atomic mass is 32.2. The van der Waals surface area contributed by atoms with Crippen molar-refractivity contribution in [2.75, 3.05) is 18.2 Å². The molecule has 3 N–H and O–H groups in total. The molecule has 0 fully saturated rings. The number of ether oxygens (including phenoxy) is 1. The van der Waals surface area contributed by atoms with Crippen LogP contribution in [0, 0.1) is 6.92 Å². The summed E-state index contributed by atoms with van der Waals surface area (Å²) < 4.78 is 10.4. The van der Waals surface area contributed by atoms with Crippen LogP contribution in [0.2, 0.25) is 0 Å². The van der Waals surface area contributed by atoms with Gasteiger partial charge in [-0.15, -0.1) is 11.8 Å². The lowest BCUT2D eigenvalue weighted by atomic mass is 10.2. The predicted octanol–water partition coefficient (Wildman–Crippen LogP) is 3.30. The summed E-state index contributed by atoms with van der Waals surface area (Å²) >= 11 is 1.44. The maximum absolute atomic E-state index is 12.3. The van der Waals surface area contributed by atoms with E-state index in [4.69, 9.17) is 14.9 Å². The Kier molecular flexibility index (Phi) is 4.80. The quantitative estimate of drug-likeness (QED) is 0.654. The van der Waals surface area contributed by atoms with Crippen molar-refractivity contribution in [2.45, 2.75) is 24.0 Å². The topological polar surface area (TPSA) is 77.5 Å². The Bertz CT molecular complexity index is 640. The van der Waals surface area contributed by atoms with E-state index in [2.05, 4.69) is 5.32 Å². The number of hydrogen-bond donors (Lipinski definition) is 2. The van der Waals surface area contributed by atoms with Gasteiger partial charge in [0, 0.05) is 10.6 Å². The number of nitrogen functional groups attached to an aromatic ring is 1. The van der Waals surface area contributed by atoms with Gasteiger partial charge in [0.1, 0.15) is 11.5 Å². The second kappa shape index (κ2) is 6.58. The minimum atomic E-state index is -0.271. The van der Waals surface area contributed by atoms with E-state index in [-0.39, 0.29) is 11.2 Å². The zero-order valence-electron chi connectivity index (χ0n) is 12.2. The summed E-state index contributed by atoms with van der Waals surface area (Å²) in [5.74, 6) is 1.26. The lowest BCUT2D eigenvalue weighted by Crippen LogP contribution is -2.22. The van der Waals surface area contributed by atoms with Crippen LogP contribution >= 0.6 is 11.8 Å². The van der Waals surface area contributed by atoms with Crippen LogP contribution in [-0.2, 0) is 4.79 Å². The first kappa shape index (κ1) is 15.3. The van der Waals surface area contributed by atoms with Gasteiger partial charge >= 0.3 is 0 Å². The average Bonchev–Trinajstić information content (AvgIpc) is 2.84. The monoisotopic (exact) mass is 306 g/mol. The predicted molar refractivity (Wildman–Crippen MR) is 84.8 cm³/mol. The first-order valence-corrected chi connectivity index (χ1v) is 7.34. The van der Waals surface area contributed by atoms with Crippen LogP contribution in [0.3, 0.4) is 0 Å². The molecule has 5 nitrogen and oxygen atoms in total. The van der Waals surface area contributed by atoms with E-state index < -0.39 is 0 Å². The molecule has 0 aliphatic carbocycles. The fraction of sp³-hybridized carbons (Fsp3) is 0.267. The van der Waals surface area contributed by atoms with E-state index in [1.54, 1.807) is 31.6 Å². The van der Waals surface area contributed by atoms with Crippen molar-refractivity contribution in [3.63, 3.8) is 0 Å². The molecule has 2 aromatic rings. The Morgan fingerprint density at radius 1 is 1.43 bits per heavy atom. The number of benzene rings is 1. The van der Waals surface area contributed by atoms with Gasteiger partial charge in [-0.1, -0.05) is 0 Å². The number of nitrogens with one attached hydrogen (secondary N) is 1. The smallest absolute Gasteiger partial charge is 0.237 e. The highest BCUT2D eigenvalue weighted by molar-refractivity contribution is 8.00. The molecule has 1 unspecified atom stereocenters. The van der Waals surface area contributed by atoms with Crippen molar-refractivity contribution in [1.29, 1.82) is 0 Å². The highest BCUT2D eigenvalue weighted by Crippen LogP contribution is 2.30. The Hall–Kier alpha value is -2.08. The van der Waals surface area contributed by atoms with Crippen molar-refractivity contribution in [1.82, 2.24) is 0 Å². The molecule has 21 heavy (non-hydrogen) atoms. The maximum Gasteiger partial charge on any atom is 0.237 e. The van der Waals surface area contributed by atoms with Crippen molar-refractivity contribution in [3.8, 4) is 5.75 Å². The third-order valence-corrected chi connectivity index (χ3v) is 4.21. The fourth-order valence-electron chi connectivity index (χ4n) is 1.80. The van der Waals surface area contributed by atoms with Crippen LogP contribution < -0.4 is 15.8 Å². The van der Waals surface area contributed by atoms with E-state index in [0.717, 1.165) is 10.7 Å². The summed E-state index contributed by atoms with van der Waals surface area (Å²) in [5, 5.41) is 2.57. The van der Waals surface area contributed by atoms with Gasteiger partial charge in [0.15, 0.2) is 0 Å². The van der Waals surface area contributed by atoms with Gasteiger partial charge in [-0.3, -0.25) is 4.79 Å². The molecule has 0 aliphatic heterocycles. The van der Waals surface area contributed by atoms with Crippen LogP contribution in [0.1, 0.15) is 12.7 Å². The van der Waals surface area contributed by atoms with Gasteiger partial charge in [0.25, 0.3) is 0 Å². The standard InChI is InChI=1S/C15H18N2O3S/c1-9-14(6-7-20-9)21-10(2)15(18)17-12-8-11(16)4-5-13(12)19-3/h4-8,10H,16H2,1-3H3,(H,17,18). The number of thioether (sulfide) groups is 1. The number of carbonyl (C=O) groups excluding carboxylic acids is 1. The van der Waals surface area contributed by atoms with Crippen LogP contribution in [0.4, 0.5) is 11.4 Å². The first-order valence-electron chi connectivity index (χ1n) is 6.46. The molecule has 1 aromatic carbocycles. The Morgan fingerprint density at radius 3 is 2.81 bits per heavy atom. The van der Waals surface area contributed by atoms with E-state index in [0.29, 0.717) is 17.1 Å². The Morgan fingerprint density at radius 2 is 2.19 bits per heavy atom. The van der Waals surface area contributed by atoms with Gasteiger partial charge in [0.05, 0.1) is 24.3 Å². The molecule has 1 atom stereocenters. The zero-order valence-corrected chi connectivity index (χ0v) is 13.0. The Labute approximate surface area is 127 Å². The van der Waals surface area contributed by atoms with E-state index in [9.17, 15) is 4.79 Å². The third kappa shape index (κ3) is 3.72. The van der Waals surface area contributed by atoms with Gasteiger partial charge in [0.2, 0.25) is 5.91 Å². The zero-order chi connectivity index (χ0) is 15.4.